The van der Waals surface area contributed by atoms with Crippen LogP contribution in [-0.4, -0.2) is 24.8 Å². The molecule has 88 valence electrons. The van der Waals surface area contributed by atoms with Gasteiger partial charge in [-0.25, -0.2) is 4.79 Å². The summed E-state index contributed by atoms with van der Waals surface area (Å²) in [6.45, 7) is -3.10. The summed E-state index contributed by atoms with van der Waals surface area (Å²) >= 11 is 3.03. The van der Waals surface area contributed by atoms with Gasteiger partial charge in [-0.15, -0.1) is 0 Å². The Morgan fingerprint density at radius 1 is 1.44 bits per heavy atom. The Kier molecular flexibility index (Phi) is 4.05. The number of halogens is 3. The molecule has 0 saturated carbocycles. The molecule has 0 heterocycles. The lowest BCUT2D eigenvalue weighted by Gasteiger charge is -2.12. The molecule has 0 aliphatic rings. The second kappa shape index (κ2) is 5.11. The third-order valence-corrected chi connectivity index (χ3v) is 2.14. The van der Waals surface area contributed by atoms with E-state index in [4.69, 9.17) is 9.84 Å². The molecule has 0 atom stereocenters. The fourth-order valence-electron chi connectivity index (χ4n) is 1.12. The second-order valence-electron chi connectivity index (χ2n) is 2.66. The highest BCUT2D eigenvalue weighted by atomic mass is 79.9. The number of carboxylic acid groups (broad SMARTS) is 1. The number of rotatable bonds is 4. The summed E-state index contributed by atoms with van der Waals surface area (Å²) in [5.41, 5.74) is -0.439. The van der Waals surface area contributed by atoms with Crippen LogP contribution in [0, 0.1) is 0 Å². The number of carbonyl (C=O) groups is 1. The number of carboxylic acids is 1. The molecule has 0 amide bonds. The number of ether oxygens (including phenoxy) is 2. The quantitative estimate of drug-likeness (QED) is 0.928. The third-order valence-electron chi connectivity index (χ3n) is 1.68. The van der Waals surface area contributed by atoms with Crippen LogP contribution in [-0.2, 0) is 0 Å². The lowest BCUT2D eigenvalue weighted by molar-refractivity contribution is -0.0504. The first-order chi connectivity index (χ1) is 7.45. The summed E-state index contributed by atoms with van der Waals surface area (Å²) in [6, 6.07) is 2.49. The molecule has 0 saturated heterocycles. The number of alkyl halides is 2. The van der Waals surface area contributed by atoms with Crippen LogP contribution in [0.1, 0.15) is 10.4 Å². The third kappa shape index (κ3) is 2.82. The summed E-state index contributed by atoms with van der Waals surface area (Å²) in [6.07, 6.45) is 0. The Hall–Kier alpha value is -1.37. The maximum absolute atomic E-state index is 12.1. The van der Waals surface area contributed by atoms with Gasteiger partial charge in [0.25, 0.3) is 0 Å². The Morgan fingerprint density at radius 2 is 2.00 bits per heavy atom. The smallest absolute Gasteiger partial charge is 0.387 e. The van der Waals surface area contributed by atoms with Gasteiger partial charge < -0.3 is 14.6 Å². The molecule has 16 heavy (non-hydrogen) atoms. The fraction of sp³-hybridized carbons (Fsp3) is 0.222. The van der Waals surface area contributed by atoms with Crippen molar-refractivity contribution >= 4 is 21.9 Å². The van der Waals surface area contributed by atoms with E-state index < -0.39 is 23.9 Å². The Labute approximate surface area is 97.9 Å². The topological polar surface area (TPSA) is 55.8 Å². The number of benzene rings is 1. The summed E-state index contributed by atoms with van der Waals surface area (Å²) in [5.74, 6) is -1.91. The molecule has 1 N–H and O–H groups in total. The molecular formula is C9H7BrF2O4. The van der Waals surface area contributed by atoms with Gasteiger partial charge in [0.05, 0.1) is 7.11 Å². The van der Waals surface area contributed by atoms with Crippen LogP contribution in [0.5, 0.6) is 11.5 Å². The van der Waals surface area contributed by atoms with Gasteiger partial charge in [-0.05, 0) is 12.1 Å². The van der Waals surface area contributed by atoms with E-state index in [1.165, 1.54) is 13.2 Å². The molecule has 0 aromatic heterocycles. The highest BCUT2D eigenvalue weighted by Crippen LogP contribution is 2.33. The fourth-order valence-corrected chi connectivity index (χ4v) is 1.53. The summed E-state index contributed by atoms with van der Waals surface area (Å²) in [5, 5.41) is 8.86. The van der Waals surface area contributed by atoms with Gasteiger partial charge in [0.15, 0.2) is 0 Å². The average Bonchev–Trinajstić information content (AvgIpc) is 2.14. The van der Waals surface area contributed by atoms with Crippen LogP contribution >= 0.6 is 15.9 Å². The van der Waals surface area contributed by atoms with Crippen molar-refractivity contribution in [3.05, 3.63) is 22.2 Å². The standard InChI is InChI=1S/C9H7BrF2O4/c1-15-5-2-4(10)3-6(16-9(11)12)7(5)8(13)14/h2-3,9H,1H3,(H,13,14). The zero-order chi connectivity index (χ0) is 12.3. The zero-order valence-corrected chi connectivity index (χ0v) is 9.62. The van der Waals surface area contributed by atoms with Gasteiger partial charge in [-0.1, -0.05) is 15.9 Å². The highest BCUT2D eigenvalue weighted by molar-refractivity contribution is 9.10. The number of hydrogen-bond acceptors (Lipinski definition) is 3. The van der Waals surface area contributed by atoms with Crippen molar-refractivity contribution in [2.45, 2.75) is 6.61 Å². The van der Waals surface area contributed by atoms with Crippen LogP contribution in [0.15, 0.2) is 16.6 Å². The molecule has 1 rings (SSSR count). The van der Waals surface area contributed by atoms with Crippen LogP contribution in [0.2, 0.25) is 0 Å². The molecule has 0 spiro atoms. The summed E-state index contributed by atoms with van der Waals surface area (Å²) in [7, 11) is 1.24. The summed E-state index contributed by atoms with van der Waals surface area (Å²) in [4.78, 5) is 10.9. The van der Waals surface area contributed by atoms with Crippen molar-refractivity contribution in [2.75, 3.05) is 7.11 Å². The molecule has 0 fully saturated rings. The highest BCUT2D eigenvalue weighted by Gasteiger charge is 2.21. The molecule has 1 aromatic carbocycles. The minimum absolute atomic E-state index is 0.0578. The zero-order valence-electron chi connectivity index (χ0n) is 8.04. The molecule has 4 nitrogen and oxygen atoms in total. The van der Waals surface area contributed by atoms with Crippen molar-refractivity contribution in [1.29, 1.82) is 0 Å². The van der Waals surface area contributed by atoms with E-state index in [0.29, 0.717) is 4.47 Å². The van der Waals surface area contributed by atoms with Gasteiger partial charge in [0, 0.05) is 4.47 Å². The largest absolute Gasteiger partial charge is 0.496 e. The molecule has 0 bridgehead atoms. The van der Waals surface area contributed by atoms with Crippen molar-refractivity contribution in [3.8, 4) is 11.5 Å². The number of hydrogen-bond donors (Lipinski definition) is 1. The monoisotopic (exact) mass is 296 g/mol. The van der Waals surface area contributed by atoms with E-state index >= 15 is 0 Å². The first-order valence-corrected chi connectivity index (χ1v) is 4.80. The van der Waals surface area contributed by atoms with Gasteiger partial charge in [-0.3, -0.25) is 0 Å². The first kappa shape index (κ1) is 12.7. The van der Waals surface area contributed by atoms with Gasteiger partial charge in [0.1, 0.15) is 17.1 Å². The first-order valence-electron chi connectivity index (χ1n) is 4.01. The Morgan fingerprint density at radius 3 is 2.44 bits per heavy atom. The second-order valence-corrected chi connectivity index (χ2v) is 3.58. The normalized spacial score (nSPS) is 10.3. The maximum atomic E-state index is 12.1. The predicted molar refractivity (Wildman–Crippen MR) is 54.3 cm³/mol. The van der Waals surface area contributed by atoms with Crippen LogP contribution in [0.3, 0.4) is 0 Å². The minimum Gasteiger partial charge on any atom is -0.496 e. The van der Waals surface area contributed by atoms with Crippen molar-refractivity contribution in [3.63, 3.8) is 0 Å². The van der Waals surface area contributed by atoms with Crippen LogP contribution in [0.25, 0.3) is 0 Å². The Balaban J connectivity index is 3.32. The van der Waals surface area contributed by atoms with Gasteiger partial charge >= 0.3 is 12.6 Å². The summed E-state index contributed by atoms with van der Waals surface area (Å²) < 4.78 is 33.4. The number of aromatic carboxylic acids is 1. The molecule has 0 unspecified atom stereocenters. The van der Waals surface area contributed by atoms with Crippen LogP contribution in [0.4, 0.5) is 8.78 Å². The molecule has 1 aromatic rings. The average molecular weight is 297 g/mol. The molecule has 0 aliphatic heterocycles. The lowest BCUT2D eigenvalue weighted by atomic mass is 10.2. The molecular weight excluding hydrogens is 290 g/mol. The van der Waals surface area contributed by atoms with E-state index in [0.717, 1.165) is 6.07 Å². The SMILES string of the molecule is COc1cc(Br)cc(OC(F)F)c1C(=O)O. The minimum atomic E-state index is -3.10. The maximum Gasteiger partial charge on any atom is 0.387 e. The van der Waals surface area contributed by atoms with E-state index in [2.05, 4.69) is 20.7 Å². The van der Waals surface area contributed by atoms with Gasteiger partial charge in [0.2, 0.25) is 0 Å². The van der Waals surface area contributed by atoms with E-state index in [1.807, 2.05) is 0 Å². The van der Waals surface area contributed by atoms with Gasteiger partial charge in [-0.2, -0.15) is 8.78 Å². The van der Waals surface area contributed by atoms with Crippen molar-refractivity contribution in [1.82, 2.24) is 0 Å². The molecule has 0 radical (unpaired) electrons. The van der Waals surface area contributed by atoms with Crippen molar-refractivity contribution < 1.29 is 28.2 Å². The molecule has 0 aliphatic carbocycles. The Bertz CT molecular complexity index is 409. The van der Waals surface area contributed by atoms with E-state index in [9.17, 15) is 13.6 Å². The lowest BCUT2D eigenvalue weighted by Crippen LogP contribution is -2.09. The number of methoxy groups -OCH3 is 1. The molecule has 7 heteroatoms. The van der Waals surface area contributed by atoms with E-state index in [-0.39, 0.29) is 5.75 Å². The van der Waals surface area contributed by atoms with Crippen molar-refractivity contribution in [2.24, 2.45) is 0 Å². The predicted octanol–water partition coefficient (Wildman–Crippen LogP) is 2.76. The van der Waals surface area contributed by atoms with Crippen LogP contribution < -0.4 is 9.47 Å². The van der Waals surface area contributed by atoms with E-state index in [1.54, 1.807) is 0 Å².